The van der Waals surface area contributed by atoms with E-state index in [0.717, 1.165) is 6.54 Å². The number of rotatable bonds is 5. The Hall–Kier alpha value is -1.46. The molecule has 4 nitrogen and oxygen atoms in total. The van der Waals surface area contributed by atoms with Gasteiger partial charge in [0.1, 0.15) is 5.82 Å². The highest BCUT2D eigenvalue weighted by atomic mass is 19.1. The third kappa shape index (κ3) is 3.31. The molecular weight excluding hydrogens is 281 g/mol. The third-order valence-electron chi connectivity index (χ3n) is 5.06. The highest BCUT2D eigenvalue weighted by Crippen LogP contribution is 2.33. The Morgan fingerprint density at radius 3 is 2.59 bits per heavy atom. The normalized spacial score (nSPS) is 27.8. The van der Waals surface area contributed by atoms with Crippen LogP contribution in [-0.4, -0.2) is 49.1 Å². The molecule has 2 atom stereocenters. The van der Waals surface area contributed by atoms with Crippen molar-refractivity contribution in [1.82, 2.24) is 15.5 Å². The van der Waals surface area contributed by atoms with E-state index in [-0.39, 0.29) is 11.5 Å². The van der Waals surface area contributed by atoms with Crippen molar-refractivity contribution < 1.29 is 9.18 Å². The lowest BCUT2D eigenvalue weighted by atomic mass is 9.98. The summed E-state index contributed by atoms with van der Waals surface area (Å²) < 4.78 is 13.5. The molecule has 0 aliphatic carbocycles. The van der Waals surface area contributed by atoms with Crippen LogP contribution in [-0.2, 0) is 0 Å². The summed E-state index contributed by atoms with van der Waals surface area (Å²) in [5.41, 5.74) is 0.111. The maximum absolute atomic E-state index is 13.5. The number of hydrogen-bond donors (Lipinski definition) is 2. The Bertz CT molecular complexity index is 522. The van der Waals surface area contributed by atoms with Crippen molar-refractivity contribution in [2.45, 2.75) is 43.8 Å². The van der Waals surface area contributed by atoms with Crippen LogP contribution in [0.3, 0.4) is 0 Å². The van der Waals surface area contributed by atoms with Gasteiger partial charge in [-0.3, -0.25) is 4.79 Å². The predicted octanol–water partition coefficient (Wildman–Crippen LogP) is 1.77. The van der Waals surface area contributed by atoms with E-state index in [0.29, 0.717) is 24.7 Å². The molecule has 0 saturated carbocycles. The van der Waals surface area contributed by atoms with Crippen LogP contribution in [0, 0.1) is 5.82 Å². The highest BCUT2D eigenvalue weighted by molar-refractivity contribution is 5.94. The average molecular weight is 305 g/mol. The summed E-state index contributed by atoms with van der Waals surface area (Å²) in [5, 5.41) is 6.30. The molecule has 2 N–H and O–H groups in total. The molecule has 1 aromatic carbocycles. The molecule has 120 valence electrons. The Balaban J connectivity index is 1.39. The fourth-order valence-electron chi connectivity index (χ4n) is 3.77. The van der Waals surface area contributed by atoms with Crippen molar-refractivity contribution in [3.05, 3.63) is 35.6 Å². The molecule has 0 radical (unpaired) electrons. The van der Waals surface area contributed by atoms with Crippen molar-refractivity contribution in [1.29, 1.82) is 0 Å². The van der Waals surface area contributed by atoms with Gasteiger partial charge in [-0.1, -0.05) is 12.1 Å². The van der Waals surface area contributed by atoms with Crippen LogP contribution in [0.15, 0.2) is 24.3 Å². The van der Waals surface area contributed by atoms with Crippen LogP contribution in [0.4, 0.5) is 4.39 Å². The van der Waals surface area contributed by atoms with Gasteiger partial charge >= 0.3 is 0 Å². The smallest absolute Gasteiger partial charge is 0.254 e. The SMILES string of the molecule is CN1C2CCC1CC(NCCNC(=O)c1ccccc1F)C2. The number of carbonyl (C=O) groups is 1. The topological polar surface area (TPSA) is 44.4 Å². The lowest BCUT2D eigenvalue weighted by Crippen LogP contribution is -2.48. The summed E-state index contributed by atoms with van der Waals surface area (Å²) in [6, 6.07) is 8.04. The molecule has 2 aliphatic heterocycles. The Kier molecular flexibility index (Phi) is 4.74. The van der Waals surface area contributed by atoms with Gasteiger partial charge in [0.05, 0.1) is 5.56 Å². The summed E-state index contributed by atoms with van der Waals surface area (Å²) in [5.74, 6) is -0.816. The zero-order valence-corrected chi connectivity index (χ0v) is 13.0. The molecular formula is C17H24FN3O. The molecule has 3 rings (SSSR count). The second kappa shape index (κ2) is 6.75. The summed E-state index contributed by atoms with van der Waals surface area (Å²) in [6.07, 6.45) is 5.00. The van der Waals surface area contributed by atoms with E-state index in [4.69, 9.17) is 0 Å². The number of nitrogens with zero attached hydrogens (tertiary/aromatic N) is 1. The summed E-state index contributed by atoms with van der Waals surface area (Å²) >= 11 is 0. The molecule has 2 fully saturated rings. The van der Waals surface area contributed by atoms with Gasteiger partial charge in [0.25, 0.3) is 5.91 Å². The van der Waals surface area contributed by atoms with Crippen LogP contribution in [0.1, 0.15) is 36.0 Å². The molecule has 1 aromatic rings. The second-order valence-electron chi connectivity index (χ2n) is 6.41. The van der Waals surface area contributed by atoms with Gasteiger partial charge in [-0.15, -0.1) is 0 Å². The highest BCUT2D eigenvalue weighted by Gasteiger charge is 2.37. The molecule has 22 heavy (non-hydrogen) atoms. The van der Waals surface area contributed by atoms with Crippen LogP contribution in [0.25, 0.3) is 0 Å². The first kappa shape index (κ1) is 15.4. The summed E-state index contributed by atoms with van der Waals surface area (Å²) in [7, 11) is 2.23. The van der Waals surface area contributed by atoms with Crippen molar-refractivity contribution in [2.75, 3.05) is 20.1 Å². The lowest BCUT2D eigenvalue weighted by molar-refractivity contribution is 0.0948. The van der Waals surface area contributed by atoms with E-state index in [1.54, 1.807) is 12.1 Å². The van der Waals surface area contributed by atoms with Gasteiger partial charge in [-0.2, -0.15) is 0 Å². The van der Waals surface area contributed by atoms with Crippen LogP contribution in [0.2, 0.25) is 0 Å². The van der Waals surface area contributed by atoms with E-state index < -0.39 is 5.82 Å². The standard InChI is InChI=1S/C17H24FN3O/c1-21-13-6-7-14(21)11-12(10-13)19-8-9-20-17(22)15-4-2-3-5-16(15)18/h2-5,12-14,19H,6-11H2,1H3,(H,20,22). The monoisotopic (exact) mass is 305 g/mol. The number of carbonyl (C=O) groups excluding carboxylic acids is 1. The first-order valence-corrected chi connectivity index (χ1v) is 8.13. The summed E-state index contributed by atoms with van der Waals surface area (Å²) in [4.78, 5) is 14.4. The minimum atomic E-state index is -0.472. The first-order chi connectivity index (χ1) is 10.6. The quantitative estimate of drug-likeness (QED) is 0.815. The van der Waals surface area contributed by atoms with Gasteiger partial charge < -0.3 is 15.5 Å². The minimum Gasteiger partial charge on any atom is -0.351 e. The zero-order valence-electron chi connectivity index (χ0n) is 13.0. The maximum atomic E-state index is 13.5. The van der Waals surface area contributed by atoms with Crippen molar-refractivity contribution in [3.8, 4) is 0 Å². The number of amides is 1. The number of benzene rings is 1. The second-order valence-corrected chi connectivity index (χ2v) is 6.41. The van der Waals surface area contributed by atoms with Crippen molar-refractivity contribution in [3.63, 3.8) is 0 Å². The number of halogens is 1. The molecule has 0 aromatic heterocycles. The number of nitrogens with one attached hydrogen (secondary N) is 2. The third-order valence-corrected chi connectivity index (χ3v) is 5.06. The van der Waals surface area contributed by atoms with Gasteiger partial charge in [-0.05, 0) is 44.9 Å². The molecule has 2 unspecified atom stereocenters. The Morgan fingerprint density at radius 2 is 1.91 bits per heavy atom. The molecule has 5 heteroatoms. The molecule has 2 heterocycles. The predicted molar refractivity (Wildman–Crippen MR) is 84.3 cm³/mol. The van der Waals surface area contributed by atoms with Gasteiger partial charge in [0, 0.05) is 31.2 Å². The van der Waals surface area contributed by atoms with Crippen molar-refractivity contribution in [2.24, 2.45) is 0 Å². The summed E-state index contributed by atoms with van der Waals surface area (Å²) in [6.45, 7) is 1.25. The molecule has 2 bridgehead atoms. The fourth-order valence-corrected chi connectivity index (χ4v) is 3.77. The van der Waals surface area contributed by atoms with E-state index in [9.17, 15) is 9.18 Å². The van der Waals surface area contributed by atoms with Crippen LogP contribution < -0.4 is 10.6 Å². The van der Waals surface area contributed by atoms with E-state index in [2.05, 4.69) is 22.6 Å². The molecule has 2 saturated heterocycles. The van der Waals surface area contributed by atoms with Crippen molar-refractivity contribution >= 4 is 5.91 Å². The van der Waals surface area contributed by atoms with Crippen LogP contribution >= 0.6 is 0 Å². The van der Waals surface area contributed by atoms with Gasteiger partial charge in [0.2, 0.25) is 0 Å². The van der Waals surface area contributed by atoms with Gasteiger partial charge in [-0.25, -0.2) is 4.39 Å². The first-order valence-electron chi connectivity index (χ1n) is 8.13. The molecule has 1 amide bonds. The Labute approximate surface area is 131 Å². The minimum absolute atomic E-state index is 0.111. The van der Waals surface area contributed by atoms with Crippen LogP contribution in [0.5, 0.6) is 0 Å². The molecule has 2 aliphatic rings. The van der Waals surface area contributed by atoms with E-state index >= 15 is 0 Å². The number of piperidine rings is 1. The Morgan fingerprint density at radius 1 is 1.23 bits per heavy atom. The molecule has 0 spiro atoms. The zero-order chi connectivity index (χ0) is 15.5. The van der Waals surface area contributed by atoms with Gasteiger partial charge in [0.15, 0.2) is 0 Å². The maximum Gasteiger partial charge on any atom is 0.254 e. The van der Waals surface area contributed by atoms with E-state index in [1.807, 2.05) is 0 Å². The number of fused-ring (bicyclic) bond motifs is 2. The number of hydrogen-bond acceptors (Lipinski definition) is 3. The fraction of sp³-hybridized carbons (Fsp3) is 0.588. The lowest BCUT2D eigenvalue weighted by Gasteiger charge is -2.36. The largest absolute Gasteiger partial charge is 0.351 e. The van der Waals surface area contributed by atoms with E-state index in [1.165, 1.54) is 37.8 Å². The average Bonchev–Trinajstić information content (AvgIpc) is 2.74.